The molecule has 8 bridgehead atoms. The fourth-order valence-electron chi connectivity index (χ4n) is 11.7. The Morgan fingerprint density at radius 1 is 0.593 bits per heavy atom. The van der Waals surface area contributed by atoms with Crippen molar-refractivity contribution in [2.24, 2.45) is 41.4 Å². The van der Waals surface area contributed by atoms with Crippen LogP contribution in [0.4, 0.5) is 0 Å². The van der Waals surface area contributed by atoms with E-state index in [2.05, 4.69) is 18.7 Å². The fourth-order valence-corrected chi connectivity index (χ4v) is 11.7. The first-order chi connectivity index (χ1) is 26.1. The number of ether oxygens (including phenoxy) is 8. The molecule has 0 aromatic heterocycles. The molecule has 10 nitrogen and oxygen atoms in total. The molecule has 4 atom stereocenters. The minimum atomic E-state index is -0.400. The third-order valence-electron chi connectivity index (χ3n) is 13.5. The molecule has 0 heterocycles. The molecule has 10 heteroatoms. The third-order valence-corrected chi connectivity index (χ3v) is 13.5. The average molecular weight is 753 g/mol. The summed E-state index contributed by atoms with van der Waals surface area (Å²) < 4.78 is 46.6. The van der Waals surface area contributed by atoms with Gasteiger partial charge in [-0.25, -0.2) is 4.79 Å². The van der Waals surface area contributed by atoms with Gasteiger partial charge in [0.25, 0.3) is 0 Å². The maximum Gasteiger partial charge on any atom is 0.333 e. The summed E-state index contributed by atoms with van der Waals surface area (Å²) in [5, 5.41) is 0. The number of benzene rings is 1. The molecule has 300 valence electrons. The summed E-state index contributed by atoms with van der Waals surface area (Å²) in [6, 6.07) is 4.83. The second-order valence-electron chi connectivity index (χ2n) is 17.7. The standard InChI is InChI=1S/C44H64O10/c1-29(2)41(45)53-15-11-49-7-5-47-9-13-51-39-22-40(52-14-10-48-6-8-50-12-16-54-42(46)30(3)4)38(44-24-32-19-35(27-44)36(20-32)28-44)21-37(39)43-23-31-17-33(25-43)34(18-31)26-43/h21-22,30-36H,1,5-20,23-28H2,2-4H3. The Bertz CT molecular complexity index is 1430. The van der Waals surface area contributed by atoms with E-state index in [0.717, 1.165) is 47.0 Å². The van der Waals surface area contributed by atoms with Crippen LogP contribution in [0.2, 0.25) is 0 Å². The second kappa shape index (κ2) is 17.6. The van der Waals surface area contributed by atoms with Gasteiger partial charge in [-0.2, -0.15) is 0 Å². The van der Waals surface area contributed by atoms with Crippen molar-refractivity contribution in [3.8, 4) is 11.5 Å². The van der Waals surface area contributed by atoms with E-state index in [1.807, 2.05) is 13.8 Å². The van der Waals surface area contributed by atoms with Gasteiger partial charge >= 0.3 is 11.9 Å². The highest BCUT2D eigenvalue weighted by Gasteiger charge is 2.60. The lowest BCUT2D eigenvalue weighted by molar-refractivity contribution is -0.149. The summed E-state index contributed by atoms with van der Waals surface area (Å²) in [6.07, 6.45) is 13.4. The molecule has 0 N–H and O–H groups in total. The lowest BCUT2D eigenvalue weighted by atomic mass is 9.62. The summed E-state index contributed by atoms with van der Waals surface area (Å²) in [5.41, 5.74) is 3.64. The zero-order valence-corrected chi connectivity index (χ0v) is 33.0. The Labute approximate surface area is 322 Å². The molecule has 1 aromatic rings. The molecule has 8 aliphatic carbocycles. The molecule has 0 amide bonds. The molecule has 0 spiro atoms. The van der Waals surface area contributed by atoms with Crippen LogP contribution in [0.5, 0.6) is 11.5 Å². The maximum absolute atomic E-state index is 11.6. The Balaban J connectivity index is 0.980. The molecule has 0 saturated heterocycles. The molecule has 54 heavy (non-hydrogen) atoms. The van der Waals surface area contributed by atoms with Crippen LogP contribution >= 0.6 is 0 Å². The molecule has 4 unspecified atom stereocenters. The molecule has 8 fully saturated rings. The van der Waals surface area contributed by atoms with Crippen LogP contribution in [0.15, 0.2) is 24.3 Å². The Morgan fingerprint density at radius 3 is 1.37 bits per heavy atom. The minimum absolute atomic E-state index is 0.136. The van der Waals surface area contributed by atoms with E-state index in [1.54, 1.807) is 6.92 Å². The van der Waals surface area contributed by atoms with Crippen LogP contribution in [0.1, 0.15) is 96.1 Å². The highest BCUT2D eigenvalue weighted by molar-refractivity contribution is 5.86. The van der Waals surface area contributed by atoms with Crippen LogP contribution in [0.3, 0.4) is 0 Å². The first-order valence-corrected chi connectivity index (χ1v) is 20.9. The van der Waals surface area contributed by atoms with Gasteiger partial charge in [-0.05, 0) is 124 Å². The zero-order valence-electron chi connectivity index (χ0n) is 33.0. The largest absolute Gasteiger partial charge is 0.491 e. The highest BCUT2D eigenvalue weighted by Crippen LogP contribution is 2.69. The Hall–Kier alpha value is -2.66. The lowest BCUT2D eigenvalue weighted by Gasteiger charge is -2.43. The van der Waals surface area contributed by atoms with Gasteiger partial charge in [0.2, 0.25) is 0 Å². The van der Waals surface area contributed by atoms with Crippen molar-refractivity contribution in [2.75, 3.05) is 79.3 Å². The van der Waals surface area contributed by atoms with Crippen molar-refractivity contribution in [1.82, 2.24) is 0 Å². The van der Waals surface area contributed by atoms with Gasteiger partial charge in [0, 0.05) is 22.8 Å². The summed E-state index contributed by atoms with van der Waals surface area (Å²) in [6.45, 7) is 13.6. The number of esters is 2. The zero-order chi connectivity index (χ0) is 37.7. The summed E-state index contributed by atoms with van der Waals surface area (Å²) in [5.74, 6) is 6.31. The molecular formula is C44H64O10. The third kappa shape index (κ3) is 8.98. The van der Waals surface area contributed by atoms with Crippen molar-refractivity contribution in [3.05, 3.63) is 35.4 Å². The van der Waals surface area contributed by atoms with E-state index < -0.39 is 5.97 Å². The first-order valence-electron chi connectivity index (χ1n) is 20.9. The molecule has 9 rings (SSSR count). The van der Waals surface area contributed by atoms with Crippen molar-refractivity contribution >= 4 is 11.9 Å². The second-order valence-corrected chi connectivity index (χ2v) is 17.7. The van der Waals surface area contributed by atoms with Crippen LogP contribution < -0.4 is 9.47 Å². The average Bonchev–Trinajstić information content (AvgIpc) is 3.77. The van der Waals surface area contributed by atoms with Crippen LogP contribution in [-0.2, 0) is 48.8 Å². The van der Waals surface area contributed by atoms with Gasteiger partial charge in [-0.1, -0.05) is 20.4 Å². The van der Waals surface area contributed by atoms with Crippen molar-refractivity contribution in [1.29, 1.82) is 0 Å². The highest BCUT2D eigenvalue weighted by atomic mass is 16.6. The number of carbonyl (C=O) groups is 2. The number of carbonyl (C=O) groups excluding carboxylic acids is 2. The van der Waals surface area contributed by atoms with Gasteiger partial charge in [0.05, 0.1) is 58.8 Å². The molecule has 0 aliphatic heterocycles. The van der Waals surface area contributed by atoms with Gasteiger partial charge < -0.3 is 37.9 Å². The minimum Gasteiger partial charge on any atom is -0.491 e. The van der Waals surface area contributed by atoms with Crippen LogP contribution in [0.25, 0.3) is 0 Å². The van der Waals surface area contributed by atoms with Crippen molar-refractivity contribution in [3.63, 3.8) is 0 Å². The molecule has 1 aromatic carbocycles. The van der Waals surface area contributed by atoms with E-state index in [9.17, 15) is 9.59 Å². The lowest BCUT2D eigenvalue weighted by Crippen LogP contribution is -2.35. The Morgan fingerprint density at radius 2 is 0.981 bits per heavy atom. The quantitative estimate of drug-likeness (QED) is 0.0624. The van der Waals surface area contributed by atoms with E-state index in [4.69, 9.17) is 37.9 Å². The predicted molar refractivity (Wildman–Crippen MR) is 203 cm³/mol. The van der Waals surface area contributed by atoms with Crippen LogP contribution in [-0.4, -0.2) is 91.2 Å². The molecule has 8 aliphatic rings. The first kappa shape index (κ1) is 39.6. The van der Waals surface area contributed by atoms with E-state index in [1.165, 1.54) is 75.3 Å². The smallest absolute Gasteiger partial charge is 0.333 e. The number of hydrogen-bond donors (Lipinski definition) is 0. The molecule has 0 radical (unpaired) electrons. The van der Waals surface area contributed by atoms with Gasteiger partial charge in [0.1, 0.15) is 37.9 Å². The van der Waals surface area contributed by atoms with E-state index >= 15 is 0 Å². The number of hydrogen-bond acceptors (Lipinski definition) is 10. The van der Waals surface area contributed by atoms with E-state index in [0.29, 0.717) is 71.6 Å². The van der Waals surface area contributed by atoms with Crippen LogP contribution in [0, 0.1) is 41.4 Å². The Kier molecular flexibility index (Phi) is 12.9. The van der Waals surface area contributed by atoms with E-state index in [-0.39, 0.29) is 35.9 Å². The fraction of sp³-hybridized carbons (Fsp3) is 0.773. The summed E-state index contributed by atoms with van der Waals surface area (Å²) >= 11 is 0. The van der Waals surface area contributed by atoms with Crippen molar-refractivity contribution < 1.29 is 47.5 Å². The van der Waals surface area contributed by atoms with Crippen molar-refractivity contribution in [2.45, 2.75) is 95.8 Å². The van der Waals surface area contributed by atoms with Gasteiger partial charge in [-0.3, -0.25) is 4.79 Å². The predicted octanol–water partition coefficient (Wildman–Crippen LogP) is 6.98. The molecule has 8 saturated carbocycles. The van der Waals surface area contributed by atoms with Gasteiger partial charge in [-0.15, -0.1) is 0 Å². The SMILES string of the molecule is C=C(C)C(=O)OCCOCCOCCOc1cc(OCCOCCOCCOC(=O)C(C)C)c(C23CC4CC(C2)C(C4)C3)cc1C12CC3CC(C1)C(C3)C2. The topological polar surface area (TPSA) is 108 Å². The summed E-state index contributed by atoms with van der Waals surface area (Å²) in [4.78, 5) is 23.2. The van der Waals surface area contributed by atoms with Gasteiger partial charge in [0.15, 0.2) is 0 Å². The molecular weight excluding hydrogens is 688 g/mol. The summed E-state index contributed by atoms with van der Waals surface area (Å²) in [7, 11) is 0. The monoisotopic (exact) mass is 752 g/mol. The maximum atomic E-state index is 11.6. The number of rotatable bonds is 24. The normalized spacial score (nSPS) is 31.1.